The van der Waals surface area contributed by atoms with Crippen molar-refractivity contribution < 1.29 is 18.3 Å². The average Bonchev–Trinajstić information content (AvgIpc) is 2.53. The molecule has 0 aliphatic carbocycles. The van der Waals surface area contributed by atoms with E-state index in [0.29, 0.717) is 11.4 Å². The molecular formula is C18H21NO4S. The number of carbonyl (C=O) groups is 1. The highest BCUT2D eigenvalue weighted by molar-refractivity contribution is 7.91. The van der Waals surface area contributed by atoms with Gasteiger partial charge in [-0.05, 0) is 43.7 Å². The van der Waals surface area contributed by atoms with Gasteiger partial charge in [0, 0.05) is 12.6 Å². The lowest BCUT2D eigenvalue weighted by Crippen LogP contribution is -2.32. The van der Waals surface area contributed by atoms with Crippen LogP contribution in [0.25, 0.3) is 0 Å². The van der Waals surface area contributed by atoms with Gasteiger partial charge in [0.15, 0.2) is 9.84 Å². The lowest BCUT2D eigenvalue weighted by atomic mass is 10.1. The molecule has 0 radical (unpaired) electrons. The topological polar surface area (TPSA) is 83.5 Å². The monoisotopic (exact) mass is 347 g/mol. The van der Waals surface area contributed by atoms with Crippen molar-refractivity contribution in [2.45, 2.75) is 31.3 Å². The summed E-state index contributed by atoms with van der Waals surface area (Å²) in [4.78, 5) is 11.3. The molecule has 1 unspecified atom stereocenters. The normalized spacial score (nSPS) is 12.8. The van der Waals surface area contributed by atoms with E-state index >= 15 is 0 Å². The van der Waals surface area contributed by atoms with Crippen molar-refractivity contribution in [2.75, 3.05) is 5.75 Å². The average molecular weight is 347 g/mol. The molecule has 128 valence electrons. The van der Waals surface area contributed by atoms with Crippen molar-refractivity contribution in [1.29, 1.82) is 0 Å². The van der Waals surface area contributed by atoms with Gasteiger partial charge in [0.2, 0.25) is 0 Å². The van der Waals surface area contributed by atoms with Crippen LogP contribution in [0.4, 0.5) is 0 Å². The Balaban J connectivity index is 1.98. The maximum absolute atomic E-state index is 12.4. The van der Waals surface area contributed by atoms with Gasteiger partial charge in [-0.3, -0.25) is 0 Å². The molecule has 6 heteroatoms. The van der Waals surface area contributed by atoms with Gasteiger partial charge >= 0.3 is 5.97 Å². The Labute approximate surface area is 142 Å². The van der Waals surface area contributed by atoms with E-state index in [9.17, 15) is 13.2 Å². The van der Waals surface area contributed by atoms with Crippen molar-refractivity contribution >= 4 is 15.8 Å². The Morgan fingerprint density at radius 3 is 2.46 bits per heavy atom. The number of aryl methyl sites for hydroxylation is 1. The predicted octanol–water partition coefficient (Wildman–Crippen LogP) is 2.65. The molecule has 0 spiro atoms. The second-order valence-corrected chi connectivity index (χ2v) is 7.92. The lowest BCUT2D eigenvalue weighted by molar-refractivity contribution is 0.0696. The molecular weight excluding hydrogens is 326 g/mol. The molecule has 0 amide bonds. The van der Waals surface area contributed by atoms with Crippen LogP contribution in [0.1, 0.15) is 28.4 Å². The van der Waals surface area contributed by atoms with Crippen LogP contribution in [0, 0.1) is 6.92 Å². The highest BCUT2D eigenvalue weighted by Gasteiger charge is 2.18. The first-order chi connectivity index (χ1) is 11.3. The molecule has 2 aromatic rings. The van der Waals surface area contributed by atoms with Crippen LogP contribution >= 0.6 is 0 Å². The second-order valence-electron chi connectivity index (χ2n) is 5.88. The fraction of sp³-hybridized carbons (Fsp3) is 0.278. The Hall–Kier alpha value is -2.18. The van der Waals surface area contributed by atoms with Gasteiger partial charge < -0.3 is 10.4 Å². The Kier molecular flexibility index (Phi) is 5.75. The first kappa shape index (κ1) is 18.2. The molecule has 0 aliphatic rings. The summed E-state index contributed by atoms with van der Waals surface area (Å²) in [6.45, 7) is 4.12. The molecule has 0 bridgehead atoms. The summed E-state index contributed by atoms with van der Waals surface area (Å²) in [5.41, 5.74) is 2.03. The van der Waals surface area contributed by atoms with E-state index in [0.717, 1.165) is 11.1 Å². The number of hydrogen-bond acceptors (Lipinski definition) is 4. The molecule has 2 rings (SSSR count). The lowest BCUT2D eigenvalue weighted by Gasteiger charge is -2.14. The largest absolute Gasteiger partial charge is 0.478 e. The van der Waals surface area contributed by atoms with E-state index in [-0.39, 0.29) is 17.4 Å². The number of aromatic carboxylic acids is 1. The van der Waals surface area contributed by atoms with Crippen LogP contribution in [0.5, 0.6) is 0 Å². The third-order valence-corrected chi connectivity index (χ3v) is 5.61. The maximum Gasteiger partial charge on any atom is 0.335 e. The van der Waals surface area contributed by atoms with Gasteiger partial charge in [-0.15, -0.1) is 0 Å². The van der Waals surface area contributed by atoms with E-state index < -0.39 is 15.8 Å². The molecule has 0 saturated heterocycles. The molecule has 1 atom stereocenters. The predicted molar refractivity (Wildman–Crippen MR) is 92.9 cm³/mol. The molecule has 0 saturated carbocycles. The second kappa shape index (κ2) is 7.59. The van der Waals surface area contributed by atoms with E-state index in [1.54, 1.807) is 49.4 Å². The number of sulfone groups is 1. The van der Waals surface area contributed by atoms with Crippen molar-refractivity contribution in [1.82, 2.24) is 5.32 Å². The van der Waals surface area contributed by atoms with Gasteiger partial charge in [-0.2, -0.15) is 0 Å². The number of nitrogens with one attached hydrogen (secondary N) is 1. The van der Waals surface area contributed by atoms with E-state index in [1.807, 2.05) is 6.92 Å². The van der Waals surface area contributed by atoms with Gasteiger partial charge in [-0.1, -0.05) is 29.8 Å². The van der Waals surface area contributed by atoms with E-state index in [1.165, 1.54) is 6.07 Å². The van der Waals surface area contributed by atoms with Gasteiger partial charge in [0.05, 0.1) is 16.2 Å². The SMILES string of the molecule is Cc1ccc(S(=O)(=O)CC(C)NCc2cccc(C(=O)O)c2)cc1. The van der Waals surface area contributed by atoms with Crippen LogP contribution in [0.15, 0.2) is 53.4 Å². The maximum atomic E-state index is 12.4. The summed E-state index contributed by atoms with van der Waals surface area (Å²) < 4.78 is 24.8. The van der Waals surface area contributed by atoms with Crippen molar-refractivity contribution in [3.8, 4) is 0 Å². The molecule has 0 aliphatic heterocycles. The van der Waals surface area contributed by atoms with Crippen molar-refractivity contribution in [2.24, 2.45) is 0 Å². The van der Waals surface area contributed by atoms with E-state index in [4.69, 9.17) is 5.11 Å². The van der Waals surface area contributed by atoms with Gasteiger partial charge in [0.1, 0.15) is 0 Å². The minimum absolute atomic E-state index is 0.0192. The summed E-state index contributed by atoms with van der Waals surface area (Å²) in [5.74, 6) is -0.999. The third kappa shape index (κ3) is 4.91. The molecule has 0 aromatic heterocycles. The fourth-order valence-electron chi connectivity index (χ4n) is 2.34. The number of carboxylic acid groups (broad SMARTS) is 1. The summed E-state index contributed by atoms with van der Waals surface area (Å²) in [6, 6.07) is 13.1. The first-order valence-electron chi connectivity index (χ1n) is 7.63. The smallest absolute Gasteiger partial charge is 0.335 e. The Bertz CT molecular complexity index is 813. The van der Waals surface area contributed by atoms with Crippen molar-refractivity contribution in [3.63, 3.8) is 0 Å². The zero-order valence-electron chi connectivity index (χ0n) is 13.7. The Morgan fingerprint density at radius 2 is 1.83 bits per heavy atom. The number of rotatable bonds is 7. The highest BCUT2D eigenvalue weighted by Crippen LogP contribution is 2.13. The van der Waals surface area contributed by atoms with Gasteiger partial charge in [0.25, 0.3) is 0 Å². The third-order valence-electron chi connectivity index (χ3n) is 3.68. The quantitative estimate of drug-likeness (QED) is 0.804. The highest BCUT2D eigenvalue weighted by atomic mass is 32.2. The van der Waals surface area contributed by atoms with E-state index in [2.05, 4.69) is 5.32 Å². The van der Waals surface area contributed by atoms with Crippen LogP contribution < -0.4 is 5.32 Å². The van der Waals surface area contributed by atoms with Crippen LogP contribution in [0.2, 0.25) is 0 Å². The number of carboxylic acids is 1. The molecule has 5 nitrogen and oxygen atoms in total. The summed E-state index contributed by atoms with van der Waals surface area (Å²) in [5, 5.41) is 12.1. The first-order valence-corrected chi connectivity index (χ1v) is 9.28. The zero-order valence-corrected chi connectivity index (χ0v) is 14.5. The van der Waals surface area contributed by atoms with Crippen LogP contribution in [-0.2, 0) is 16.4 Å². The summed E-state index contributed by atoms with van der Waals surface area (Å²) in [7, 11) is -3.36. The van der Waals surface area contributed by atoms with Crippen LogP contribution in [0.3, 0.4) is 0 Å². The zero-order chi connectivity index (χ0) is 17.7. The summed E-state index contributed by atoms with van der Waals surface area (Å²) >= 11 is 0. The molecule has 0 heterocycles. The molecule has 2 aromatic carbocycles. The van der Waals surface area contributed by atoms with Gasteiger partial charge in [-0.25, -0.2) is 13.2 Å². The molecule has 0 fully saturated rings. The standard InChI is InChI=1S/C18H21NO4S/c1-13-6-8-17(9-7-13)24(22,23)12-14(2)19-11-15-4-3-5-16(10-15)18(20)21/h3-10,14,19H,11-12H2,1-2H3,(H,20,21). The molecule has 24 heavy (non-hydrogen) atoms. The van der Waals surface area contributed by atoms with Crippen molar-refractivity contribution in [3.05, 3.63) is 65.2 Å². The minimum Gasteiger partial charge on any atom is -0.478 e. The molecule has 2 N–H and O–H groups in total. The number of benzene rings is 2. The summed E-state index contributed by atoms with van der Waals surface area (Å²) in [6.07, 6.45) is 0. The fourth-order valence-corrected chi connectivity index (χ4v) is 3.86. The Morgan fingerprint density at radius 1 is 1.17 bits per heavy atom. The number of hydrogen-bond donors (Lipinski definition) is 2. The minimum atomic E-state index is -3.36. The van der Waals surface area contributed by atoms with Crippen LogP contribution in [-0.4, -0.2) is 31.3 Å².